The van der Waals surface area contributed by atoms with Crippen LogP contribution in [0.15, 0.2) is 48.8 Å². The second-order valence-corrected chi connectivity index (χ2v) is 8.98. The first kappa shape index (κ1) is 23.2. The number of nitrogens with zero attached hydrogens (tertiary/aromatic N) is 4. The van der Waals surface area contributed by atoms with Gasteiger partial charge in [-0.3, -0.25) is 4.98 Å². The first-order chi connectivity index (χ1) is 17.2. The summed E-state index contributed by atoms with van der Waals surface area (Å²) in [6, 6.07) is 13.7. The third kappa shape index (κ3) is 5.59. The number of pyridine rings is 1. The molecule has 1 saturated heterocycles. The summed E-state index contributed by atoms with van der Waals surface area (Å²) in [7, 11) is 1.77. The van der Waals surface area contributed by atoms with Crippen LogP contribution in [0.1, 0.15) is 49.3 Å². The minimum atomic E-state index is 0.0754. The second kappa shape index (κ2) is 10.8. The van der Waals surface area contributed by atoms with Crippen molar-refractivity contribution >= 4 is 11.6 Å². The molecule has 2 atom stereocenters. The second-order valence-electron chi connectivity index (χ2n) is 8.98. The van der Waals surface area contributed by atoms with Gasteiger partial charge >= 0.3 is 0 Å². The summed E-state index contributed by atoms with van der Waals surface area (Å²) >= 11 is 0. The fraction of sp³-hybridized carbons (Fsp3) is 0.407. The number of anilines is 2. The number of hydrogen-bond donors (Lipinski definition) is 1. The Kier molecular flexibility index (Phi) is 7.17. The number of nitriles is 1. The molecule has 0 spiro atoms. The summed E-state index contributed by atoms with van der Waals surface area (Å²) in [6.45, 7) is 1.38. The Morgan fingerprint density at radius 2 is 1.86 bits per heavy atom. The van der Waals surface area contributed by atoms with Crippen molar-refractivity contribution < 1.29 is 14.2 Å². The van der Waals surface area contributed by atoms with E-state index in [0.29, 0.717) is 42.5 Å². The summed E-state index contributed by atoms with van der Waals surface area (Å²) < 4.78 is 17.0. The van der Waals surface area contributed by atoms with E-state index in [1.165, 1.54) is 0 Å². The quantitative estimate of drug-likeness (QED) is 0.514. The maximum absolute atomic E-state index is 9.70. The first-order valence-electron chi connectivity index (χ1n) is 12.1. The fourth-order valence-corrected chi connectivity index (χ4v) is 4.73. The molecule has 0 amide bonds. The van der Waals surface area contributed by atoms with E-state index in [4.69, 9.17) is 14.2 Å². The number of methoxy groups -OCH3 is 1. The number of aromatic nitrogens is 3. The maximum Gasteiger partial charge on any atom is 0.227 e. The van der Waals surface area contributed by atoms with Crippen LogP contribution in [0.25, 0.3) is 11.3 Å². The van der Waals surface area contributed by atoms with Crippen LogP contribution in [-0.4, -0.2) is 47.5 Å². The van der Waals surface area contributed by atoms with Crippen LogP contribution < -0.4 is 10.1 Å². The van der Waals surface area contributed by atoms with E-state index < -0.39 is 0 Å². The molecule has 2 aliphatic rings. The van der Waals surface area contributed by atoms with Crippen molar-refractivity contribution in [3.05, 3.63) is 60.0 Å². The monoisotopic (exact) mass is 471 g/mol. The van der Waals surface area contributed by atoms with Crippen LogP contribution in [-0.2, 0) is 9.47 Å². The van der Waals surface area contributed by atoms with Crippen molar-refractivity contribution in [1.29, 1.82) is 5.26 Å². The summed E-state index contributed by atoms with van der Waals surface area (Å²) in [5.41, 5.74) is 4.00. The van der Waals surface area contributed by atoms with Crippen LogP contribution >= 0.6 is 0 Å². The normalized spacial score (nSPS) is 20.3. The standard InChI is InChI=1S/C27H29N5O3/c1-33-23-4-2-19(15-23)25-16-21(6-10-29-25)31-27-30-11-7-24(32-27)18-3-5-26(20(14-18)17-28)35-22-8-12-34-13-9-22/h3,5-7,10-11,14,16,19,22-23H,2,4,8-9,12-13,15H2,1H3,(H,29,30,31,32). The maximum atomic E-state index is 9.70. The summed E-state index contributed by atoms with van der Waals surface area (Å²) in [5, 5.41) is 13.0. The predicted octanol–water partition coefficient (Wildman–Crippen LogP) is 4.99. The Morgan fingerprint density at radius 3 is 2.66 bits per heavy atom. The molecule has 8 nitrogen and oxygen atoms in total. The Balaban J connectivity index is 1.31. The van der Waals surface area contributed by atoms with Gasteiger partial charge in [-0.1, -0.05) is 0 Å². The molecule has 8 heteroatoms. The van der Waals surface area contributed by atoms with Crippen molar-refractivity contribution in [1.82, 2.24) is 15.0 Å². The van der Waals surface area contributed by atoms with E-state index in [-0.39, 0.29) is 6.10 Å². The topological polar surface area (TPSA) is 102 Å². The highest BCUT2D eigenvalue weighted by Crippen LogP contribution is 2.35. The Morgan fingerprint density at radius 1 is 1.00 bits per heavy atom. The molecule has 1 N–H and O–H groups in total. The molecule has 5 rings (SSSR count). The largest absolute Gasteiger partial charge is 0.489 e. The molecule has 0 bridgehead atoms. The van der Waals surface area contributed by atoms with Crippen LogP contribution in [0.2, 0.25) is 0 Å². The molecule has 3 aromatic rings. The van der Waals surface area contributed by atoms with E-state index in [1.54, 1.807) is 13.3 Å². The molecule has 1 aliphatic heterocycles. The fourth-order valence-electron chi connectivity index (χ4n) is 4.73. The zero-order valence-corrected chi connectivity index (χ0v) is 19.8. The van der Waals surface area contributed by atoms with Crippen molar-refractivity contribution in [3.8, 4) is 23.1 Å². The number of hydrogen-bond acceptors (Lipinski definition) is 8. The molecule has 2 fully saturated rings. The van der Waals surface area contributed by atoms with Crippen LogP contribution in [0.3, 0.4) is 0 Å². The van der Waals surface area contributed by atoms with Crippen LogP contribution in [0, 0.1) is 11.3 Å². The number of rotatable bonds is 7. The van der Waals surface area contributed by atoms with Crippen molar-refractivity contribution in [2.24, 2.45) is 0 Å². The number of ether oxygens (including phenoxy) is 3. The highest BCUT2D eigenvalue weighted by atomic mass is 16.5. The minimum absolute atomic E-state index is 0.0754. The van der Waals surface area contributed by atoms with Gasteiger partial charge < -0.3 is 19.5 Å². The zero-order valence-electron chi connectivity index (χ0n) is 19.8. The van der Waals surface area contributed by atoms with Gasteiger partial charge in [0.05, 0.1) is 30.6 Å². The lowest BCUT2D eigenvalue weighted by Gasteiger charge is -2.23. The number of benzene rings is 1. The van der Waals surface area contributed by atoms with E-state index in [0.717, 1.165) is 54.7 Å². The molecule has 1 saturated carbocycles. The van der Waals surface area contributed by atoms with Crippen LogP contribution in [0.4, 0.5) is 11.6 Å². The SMILES string of the molecule is COC1CCC(c2cc(Nc3nccc(-c4ccc(OC5CCOCC5)c(C#N)c4)n3)ccn2)C1. The summed E-state index contributed by atoms with van der Waals surface area (Å²) in [5.74, 6) is 1.49. The molecular weight excluding hydrogens is 442 g/mol. The molecule has 0 radical (unpaired) electrons. The Hall–Kier alpha value is -3.54. The molecule has 3 heterocycles. The van der Waals surface area contributed by atoms with Gasteiger partial charge in [0.25, 0.3) is 0 Å². The first-order valence-corrected chi connectivity index (χ1v) is 12.1. The van der Waals surface area contributed by atoms with Gasteiger partial charge in [-0.15, -0.1) is 0 Å². The van der Waals surface area contributed by atoms with Gasteiger partial charge in [-0.05, 0) is 55.7 Å². The third-order valence-electron chi connectivity index (χ3n) is 6.69. The van der Waals surface area contributed by atoms with Gasteiger partial charge in [-0.25, -0.2) is 9.97 Å². The van der Waals surface area contributed by atoms with E-state index >= 15 is 0 Å². The lowest BCUT2D eigenvalue weighted by molar-refractivity contribution is 0.0254. The summed E-state index contributed by atoms with van der Waals surface area (Å²) in [4.78, 5) is 13.6. The molecule has 1 aromatic carbocycles. The summed E-state index contributed by atoms with van der Waals surface area (Å²) in [6.07, 6.45) is 8.72. The predicted molar refractivity (Wildman–Crippen MR) is 132 cm³/mol. The Labute approximate surface area is 205 Å². The highest BCUT2D eigenvalue weighted by molar-refractivity contribution is 5.65. The lowest BCUT2D eigenvalue weighted by atomic mass is 10.0. The van der Waals surface area contributed by atoms with Gasteiger partial charge in [-0.2, -0.15) is 5.26 Å². The Bertz CT molecular complexity index is 1210. The van der Waals surface area contributed by atoms with Gasteiger partial charge in [0.15, 0.2) is 0 Å². The average molecular weight is 472 g/mol. The lowest BCUT2D eigenvalue weighted by Crippen LogP contribution is -2.26. The minimum Gasteiger partial charge on any atom is -0.489 e. The number of nitrogens with one attached hydrogen (secondary N) is 1. The zero-order chi connectivity index (χ0) is 24.0. The van der Waals surface area contributed by atoms with Gasteiger partial charge in [0, 0.05) is 55.2 Å². The van der Waals surface area contributed by atoms with E-state index in [1.807, 2.05) is 36.5 Å². The van der Waals surface area contributed by atoms with Crippen molar-refractivity contribution in [2.45, 2.75) is 50.2 Å². The van der Waals surface area contributed by atoms with E-state index in [2.05, 4.69) is 32.4 Å². The average Bonchev–Trinajstić information content (AvgIpc) is 3.39. The molecule has 2 unspecified atom stereocenters. The molecule has 1 aliphatic carbocycles. The molecule has 180 valence electrons. The molecule has 35 heavy (non-hydrogen) atoms. The van der Waals surface area contributed by atoms with Crippen molar-refractivity contribution in [2.75, 3.05) is 25.6 Å². The third-order valence-corrected chi connectivity index (χ3v) is 6.69. The smallest absolute Gasteiger partial charge is 0.227 e. The van der Waals surface area contributed by atoms with Gasteiger partial charge in [0.2, 0.25) is 5.95 Å². The van der Waals surface area contributed by atoms with Crippen molar-refractivity contribution in [3.63, 3.8) is 0 Å². The highest BCUT2D eigenvalue weighted by Gasteiger charge is 2.26. The van der Waals surface area contributed by atoms with Gasteiger partial charge in [0.1, 0.15) is 17.9 Å². The van der Waals surface area contributed by atoms with E-state index in [9.17, 15) is 5.26 Å². The molecular formula is C27H29N5O3. The van der Waals surface area contributed by atoms with Crippen LogP contribution in [0.5, 0.6) is 5.75 Å². The molecule has 2 aromatic heterocycles.